The molecule has 0 heterocycles. The van der Waals surface area contributed by atoms with Crippen molar-refractivity contribution in [2.24, 2.45) is 0 Å². The predicted molar refractivity (Wildman–Crippen MR) is 61.7 cm³/mol. The summed E-state index contributed by atoms with van der Waals surface area (Å²) < 4.78 is 9.94. The van der Waals surface area contributed by atoms with Gasteiger partial charge in [0.1, 0.15) is 5.60 Å². The average Bonchev–Trinajstić information content (AvgIpc) is 2.27. The third kappa shape index (κ3) is 5.46. The number of ether oxygens (including phenoxy) is 2. The first-order valence-electron chi connectivity index (χ1n) is 5.12. The molecule has 0 aliphatic heterocycles. The van der Waals surface area contributed by atoms with Gasteiger partial charge in [0.25, 0.3) is 5.91 Å². The van der Waals surface area contributed by atoms with Gasteiger partial charge >= 0.3 is 5.97 Å². The van der Waals surface area contributed by atoms with E-state index in [4.69, 9.17) is 14.6 Å². The lowest BCUT2D eigenvalue weighted by Crippen LogP contribution is -2.52. The first kappa shape index (κ1) is 15.6. The highest BCUT2D eigenvalue weighted by Crippen LogP contribution is 2.07. The summed E-state index contributed by atoms with van der Waals surface area (Å²) in [5.74, 6) is -1.66. The van der Waals surface area contributed by atoms with E-state index in [1.165, 1.54) is 13.2 Å². The van der Waals surface area contributed by atoms with Crippen LogP contribution in [0.25, 0.3) is 0 Å². The number of carbonyl (C=O) groups is 2. The first-order valence-corrected chi connectivity index (χ1v) is 5.12. The summed E-state index contributed by atoms with van der Waals surface area (Å²) in [5.41, 5.74) is -1.08. The predicted octanol–water partition coefficient (Wildman–Crippen LogP) is 0.183. The van der Waals surface area contributed by atoms with Gasteiger partial charge in [-0.2, -0.15) is 0 Å². The topological polar surface area (TPSA) is 84.9 Å². The van der Waals surface area contributed by atoms with Crippen molar-refractivity contribution in [2.45, 2.75) is 25.5 Å². The molecule has 0 aromatic heterocycles. The maximum Gasteiger partial charge on any atom is 0.328 e. The Morgan fingerprint density at radius 2 is 2.12 bits per heavy atom. The molecular formula is C11H19NO5. The molecule has 98 valence electrons. The highest BCUT2D eigenvalue weighted by molar-refractivity contribution is 5.88. The van der Waals surface area contributed by atoms with Gasteiger partial charge in [-0.15, -0.1) is 6.58 Å². The minimum Gasteiger partial charge on any atom is -0.480 e. The Kier molecular flexibility index (Phi) is 6.45. The fraction of sp³-hybridized carbons (Fsp3) is 0.636. The van der Waals surface area contributed by atoms with Crippen LogP contribution in [0.15, 0.2) is 12.7 Å². The Morgan fingerprint density at radius 3 is 2.53 bits per heavy atom. The highest BCUT2D eigenvalue weighted by atomic mass is 16.5. The summed E-state index contributed by atoms with van der Waals surface area (Å²) in [6.07, 6.45) is 1.50. The number of methoxy groups -OCH3 is 1. The maximum absolute atomic E-state index is 11.7. The van der Waals surface area contributed by atoms with Crippen LogP contribution in [0, 0.1) is 0 Å². The number of amides is 1. The van der Waals surface area contributed by atoms with E-state index in [-0.39, 0.29) is 13.2 Å². The van der Waals surface area contributed by atoms with Gasteiger partial charge in [-0.25, -0.2) is 4.79 Å². The highest BCUT2D eigenvalue weighted by Gasteiger charge is 2.31. The summed E-state index contributed by atoms with van der Waals surface area (Å²) >= 11 is 0. The minimum absolute atomic E-state index is 0.118. The van der Waals surface area contributed by atoms with E-state index in [0.717, 1.165) is 0 Å². The van der Waals surface area contributed by atoms with Gasteiger partial charge in [-0.1, -0.05) is 6.08 Å². The SMILES string of the molecule is C=CCOCC(NC(=O)C(C)(C)OC)C(=O)O. The molecule has 0 saturated heterocycles. The number of hydrogen-bond acceptors (Lipinski definition) is 4. The molecule has 6 heteroatoms. The van der Waals surface area contributed by atoms with Crippen LogP contribution in [-0.2, 0) is 19.1 Å². The van der Waals surface area contributed by atoms with Crippen LogP contribution in [0.4, 0.5) is 0 Å². The summed E-state index contributed by atoms with van der Waals surface area (Å²) in [7, 11) is 1.38. The fourth-order valence-electron chi connectivity index (χ4n) is 0.869. The molecule has 1 unspecified atom stereocenters. The molecule has 1 amide bonds. The molecular weight excluding hydrogens is 226 g/mol. The fourth-order valence-corrected chi connectivity index (χ4v) is 0.869. The summed E-state index contributed by atoms with van der Waals surface area (Å²) in [6.45, 7) is 6.64. The molecule has 6 nitrogen and oxygen atoms in total. The van der Waals surface area contributed by atoms with E-state index in [1.807, 2.05) is 0 Å². The van der Waals surface area contributed by atoms with Gasteiger partial charge in [0, 0.05) is 7.11 Å². The zero-order valence-corrected chi connectivity index (χ0v) is 10.4. The zero-order chi connectivity index (χ0) is 13.5. The van der Waals surface area contributed by atoms with Crippen LogP contribution >= 0.6 is 0 Å². The Balaban J connectivity index is 4.39. The molecule has 2 N–H and O–H groups in total. The molecule has 0 aliphatic carbocycles. The summed E-state index contributed by atoms with van der Waals surface area (Å²) in [5, 5.41) is 11.2. The molecule has 0 radical (unpaired) electrons. The molecule has 0 saturated carbocycles. The molecule has 0 bridgehead atoms. The lowest BCUT2D eigenvalue weighted by atomic mass is 10.1. The molecule has 0 fully saturated rings. The molecule has 17 heavy (non-hydrogen) atoms. The second-order valence-electron chi connectivity index (χ2n) is 3.90. The van der Waals surface area contributed by atoms with Crippen LogP contribution in [-0.4, -0.2) is 48.9 Å². The number of hydrogen-bond donors (Lipinski definition) is 2. The maximum atomic E-state index is 11.7. The number of nitrogens with one attached hydrogen (secondary N) is 1. The van der Waals surface area contributed by atoms with Crippen molar-refractivity contribution in [3.05, 3.63) is 12.7 Å². The van der Waals surface area contributed by atoms with Crippen molar-refractivity contribution in [2.75, 3.05) is 20.3 Å². The molecule has 0 aliphatic rings. The zero-order valence-electron chi connectivity index (χ0n) is 10.4. The van der Waals surface area contributed by atoms with Crippen LogP contribution in [0.5, 0.6) is 0 Å². The van der Waals surface area contributed by atoms with Gasteiger partial charge in [0.05, 0.1) is 13.2 Å². The summed E-state index contributed by atoms with van der Waals surface area (Å²) in [6, 6.07) is -1.10. The summed E-state index contributed by atoms with van der Waals surface area (Å²) in [4.78, 5) is 22.6. The van der Waals surface area contributed by atoms with Gasteiger partial charge < -0.3 is 19.9 Å². The number of rotatable bonds is 8. The molecule has 0 aromatic rings. The van der Waals surface area contributed by atoms with Crippen molar-refractivity contribution >= 4 is 11.9 Å². The number of aliphatic carboxylic acids is 1. The quantitative estimate of drug-likeness (QED) is 0.471. The lowest BCUT2D eigenvalue weighted by Gasteiger charge is -2.24. The van der Waals surface area contributed by atoms with Crippen LogP contribution in [0.1, 0.15) is 13.8 Å². The largest absolute Gasteiger partial charge is 0.480 e. The number of carbonyl (C=O) groups excluding carboxylic acids is 1. The first-order chi connectivity index (χ1) is 7.85. The third-order valence-corrected chi connectivity index (χ3v) is 2.18. The minimum atomic E-state index is -1.16. The van der Waals surface area contributed by atoms with E-state index in [9.17, 15) is 9.59 Å². The van der Waals surface area contributed by atoms with E-state index in [2.05, 4.69) is 11.9 Å². The molecule has 0 aromatic carbocycles. The van der Waals surface area contributed by atoms with Gasteiger partial charge in [0.15, 0.2) is 6.04 Å². The van der Waals surface area contributed by atoms with E-state index in [0.29, 0.717) is 0 Å². The molecule has 0 rings (SSSR count). The number of carboxylic acid groups (broad SMARTS) is 1. The third-order valence-electron chi connectivity index (χ3n) is 2.18. The normalized spacial score (nSPS) is 12.9. The Labute approximate surface area is 101 Å². The second kappa shape index (κ2) is 7.03. The van der Waals surface area contributed by atoms with Gasteiger partial charge in [-0.3, -0.25) is 4.79 Å². The van der Waals surface area contributed by atoms with Crippen molar-refractivity contribution in [3.8, 4) is 0 Å². The van der Waals surface area contributed by atoms with Gasteiger partial charge in [0.2, 0.25) is 0 Å². The average molecular weight is 245 g/mol. The van der Waals surface area contributed by atoms with E-state index in [1.54, 1.807) is 13.8 Å². The second-order valence-corrected chi connectivity index (χ2v) is 3.90. The standard InChI is InChI=1S/C11H19NO5/c1-5-6-17-7-8(9(13)14)12-10(15)11(2,3)16-4/h5,8H,1,6-7H2,2-4H3,(H,12,15)(H,13,14). The number of carboxylic acids is 1. The Morgan fingerprint density at radius 1 is 1.53 bits per heavy atom. The van der Waals surface area contributed by atoms with Crippen LogP contribution in [0.3, 0.4) is 0 Å². The van der Waals surface area contributed by atoms with E-state index < -0.39 is 23.5 Å². The lowest BCUT2D eigenvalue weighted by molar-refractivity contribution is -0.148. The van der Waals surface area contributed by atoms with Crippen LogP contribution in [0.2, 0.25) is 0 Å². The van der Waals surface area contributed by atoms with Crippen molar-refractivity contribution in [3.63, 3.8) is 0 Å². The van der Waals surface area contributed by atoms with Crippen LogP contribution < -0.4 is 5.32 Å². The van der Waals surface area contributed by atoms with E-state index >= 15 is 0 Å². The Bertz CT molecular complexity index is 288. The Hall–Kier alpha value is -1.40. The van der Waals surface area contributed by atoms with Crippen molar-refractivity contribution in [1.29, 1.82) is 0 Å². The van der Waals surface area contributed by atoms with Gasteiger partial charge in [-0.05, 0) is 13.8 Å². The van der Waals surface area contributed by atoms with Crippen molar-refractivity contribution < 1.29 is 24.2 Å². The van der Waals surface area contributed by atoms with Crippen molar-refractivity contribution in [1.82, 2.24) is 5.32 Å². The monoisotopic (exact) mass is 245 g/mol. The molecule has 1 atom stereocenters. The smallest absolute Gasteiger partial charge is 0.328 e. The molecule has 0 spiro atoms.